The zero-order valence-corrected chi connectivity index (χ0v) is 10.6. The maximum Gasteiger partial charge on any atom is 0.330 e. The fourth-order valence-corrected chi connectivity index (χ4v) is 4.02. The van der Waals surface area contributed by atoms with Gasteiger partial charge in [-0.15, -0.1) is 0 Å². The number of aromatic nitrogens is 2. The molecule has 1 aromatic heterocycles. The highest BCUT2D eigenvalue weighted by molar-refractivity contribution is 5.27. The van der Waals surface area contributed by atoms with Crippen LogP contribution in [0.15, 0.2) is 15.7 Å². The Bertz CT molecular complexity index is 574. The minimum Gasteiger partial charge on any atom is -0.385 e. The van der Waals surface area contributed by atoms with Gasteiger partial charge in [0.1, 0.15) is 5.82 Å². The highest BCUT2D eigenvalue weighted by Gasteiger charge is 2.42. The van der Waals surface area contributed by atoms with Crippen molar-refractivity contribution >= 4 is 5.82 Å². The second-order valence-electron chi connectivity index (χ2n) is 5.81. The Morgan fingerprint density at radius 1 is 1.39 bits per heavy atom. The highest BCUT2D eigenvalue weighted by atomic mass is 16.2. The number of H-pyrrole nitrogens is 1. The second-order valence-corrected chi connectivity index (χ2v) is 5.81. The van der Waals surface area contributed by atoms with E-state index >= 15 is 0 Å². The molecule has 0 aliphatic heterocycles. The Morgan fingerprint density at radius 3 is 2.72 bits per heavy atom. The summed E-state index contributed by atoms with van der Waals surface area (Å²) in [6.45, 7) is 2.04. The molecule has 0 amide bonds. The van der Waals surface area contributed by atoms with E-state index in [4.69, 9.17) is 5.73 Å². The maximum atomic E-state index is 11.9. The molecule has 2 fully saturated rings. The predicted octanol–water partition coefficient (Wildman–Crippen LogP) is 1.12. The van der Waals surface area contributed by atoms with Gasteiger partial charge in [-0.25, -0.2) is 4.79 Å². The molecule has 1 heterocycles. The Kier molecular flexibility index (Phi) is 2.57. The van der Waals surface area contributed by atoms with Gasteiger partial charge in [-0.05, 0) is 43.9 Å². The number of aromatic amines is 1. The van der Waals surface area contributed by atoms with E-state index in [1.54, 1.807) is 4.57 Å². The number of fused-ring (bicyclic) bond motifs is 2. The van der Waals surface area contributed by atoms with Crippen molar-refractivity contribution in [3.8, 4) is 0 Å². The van der Waals surface area contributed by atoms with Crippen molar-refractivity contribution in [1.82, 2.24) is 9.55 Å². The first-order valence-corrected chi connectivity index (χ1v) is 6.67. The van der Waals surface area contributed by atoms with Gasteiger partial charge in [-0.1, -0.05) is 6.42 Å². The number of hydrogen-bond donors (Lipinski definition) is 2. The SMILES string of the molecule is C[C@@H]([C@H]1C[C@H]2CC[C@H]1C2)n1c(N)cc(=O)[nH]c1=O. The van der Waals surface area contributed by atoms with Crippen LogP contribution >= 0.6 is 0 Å². The Hall–Kier alpha value is -1.52. The third kappa shape index (κ3) is 1.69. The topological polar surface area (TPSA) is 80.9 Å². The van der Waals surface area contributed by atoms with Crippen LogP contribution in [0.2, 0.25) is 0 Å². The van der Waals surface area contributed by atoms with Gasteiger partial charge in [0, 0.05) is 12.1 Å². The third-order valence-electron chi connectivity index (χ3n) is 4.83. The Balaban J connectivity index is 1.96. The number of nitrogens with one attached hydrogen (secondary N) is 1. The van der Waals surface area contributed by atoms with E-state index < -0.39 is 5.56 Å². The standard InChI is InChI=1S/C13H19N3O2/c1-7(10-5-8-2-3-9(10)4-8)16-11(14)6-12(17)15-13(16)18/h6-10H,2-5,14H2,1H3,(H,15,17,18)/t7-,8-,9-,10+/m0/s1. The molecule has 3 N–H and O–H groups in total. The van der Waals surface area contributed by atoms with Gasteiger partial charge in [0.25, 0.3) is 5.56 Å². The molecule has 5 nitrogen and oxygen atoms in total. The quantitative estimate of drug-likeness (QED) is 0.824. The highest BCUT2D eigenvalue weighted by Crippen LogP contribution is 2.52. The lowest BCUT2D eigenvalue weighted by atomic mass is 9.84. The summed E-state index contributed by atoms with van der Waals surface area (Å²) >= 11 is 0. The van der Waals surface area contributed by atoms with E-state index in [1.807, 2.05) is 6.92 Å². The Morgan fingerprint density at radius 2 is 2.17 bits per heavy atom. The fraction of sp³-hybridized carbons (Fsp3) is 0.692. The van der Waals surface area contributed by atoms with Gasteiger partial charge in [0.05, 0.1) is 0 Å². The predicted molar refractivity (Wildman–Crippen MR) is 69.4 cm³/mol. The molecule has 1 aromatic rings. The zero-order chi connectivity index (χ0) is 12.9. The minimum atomic E-state index is -0.422. The Labute approximate surface area is 105 Å². The summed E-state index contributed by atoms with van der Waals surface area (Å²) in [5.41, 5.74) is 5.03. The van der Waals surface area contributed by atoms with Gasteiger partial charge < -0.3 is 5.73 Å². The molecule has 18 heavy (non-hydrogen) atoms. The number of nitrogens with two attached hydrogens (primary N) is 1. The number of nitrogens with zero attached hydrogens (tertiary/aromatic N) is 1. The molecule has 0 spiro atoms. The lowest BCUT2D eigenvalue weighted by molar-refractivity contribution is 0.239. The van der Waals surface area contributed by atoms with Crippen molar-refractivity contribution in [2.24, 2.45) is 17.8 Å². The van der Waals surface area contributed by atoms with E-state index in [0.717, 1.165) is 11.8 Å². The van der Waals surface area contributed by atoms with Crippen LogP contribution in [0.3, 0.4) is 0 Å². The molecule has 2 saturated carbocycles. The summed E-state index contributed by atoms with van der Waals surface area (Å²) in [4.78, 5) is 25.4. The van der Waals surface area contributed by atoms with Crippen LogP contribution in [-0.2, 0) is 0 Å². The normalized spacial score (nSPS) is 31.7. The second kappa shape index (κ2) is 4.00. The molecule has 4 atom stereocenters. The summed E-state index contributed by atoms with van der Waals surface area (Å²) in [6.07, 6.45) is 5.10. The van der Waals surface area contributed by atoms with Crippen LogP contribution in [-0.4, -0.2) is 9.55 Å². The van der Waals surface area contributed by atoms with Crippen LogP contribution < -0.4 is 17.0 Å². The van der Waals surface area contributed by atoms with Crippen molar-refractivity contribution < 1.29 is 0 Å². The summed E-state index contributed by atoms with van der Waals surface area (Å²) in [5.74, 6) is 2.36. The van der Waals surface area contributed by atoms with Gasteiger partial charge in [0.2, 0.25) is 0 Å². The molecule has 0 saturated heterocycles. The van der Waals surface area contributed by atoms with Crippen molar-refractivity contribution in [3.63, 3.8) is 0 Å². The van der Waals surface area contributed by atoms with Crippen LogP contribution in [0.5, 0.6) is 0 Å². The molecule has 0 radical (unpaired) electrons. The monoisotopic (exact) mass is 249 g/mol. The van der Waals surface area contributed by atoms with Crippen molar-refractivity contribution in [2.45, 2.75) is 38.6 Å². The first-order valence-electron chi connectivity index (χ1n) is 6.67. The molecule has 98 valence electrons. The largest absolute Gasteiger partial charge is 0.385 e. The van der Waals surface area contributed by atoms with Gasteiger partial charge in [0.15, 0.2) is 0 Å². The molecule has 3 rings (SSSR count). The average Bonchev–Trinajstić information content (AvgIpc) is 2.88. The summed E-state index contributed by atoms with van der Waals surface area (Å²) in [6, 6.07) is 1.37. The van der Waals surface area contributed by atoms with Crippen LogP contribution in [0.4, 0.5) is 5.82 Å². The average molecular weight is 249 g/mol. The zero-order valence-electron chi connectivity index (χ0n) is 10.6. The lowest BCUT2D eigenvalue weighted by Gasteiger charge is -2.29. The number of anilines is 1. The molecular weight excluding hydrogens is 230 g/mol. The minimum absolute atomic E-state index is 0.0737. The summed E-state index contributed by atoms with van der Waals surface area (Å²) in [5, 5.41) is 0. The number of rotatable bonds is 2. The summed E-state index contributed by atoms with van der Waals surface area (Å²) in [7, 11) is 0. The number of hydrogen-bond acceptors (Lipinski definition) is 3. The van der Waals surface area contributed by atoms with E-state index in [9.17, 15) is 9.59 Å². The van der Waals surface area contributed by atoms with E-state index in [-0.39, 0.29) is 17.5 Å². The molecular formula is C13H19N3O2. The van der Waals surface area contributed by atoms with Crippen molar-refractivity contribution in [3.05, 3.63) is 26.9 Å². The molecule has 0 aromatic carbocycles. The van der Waals surface area contributed by atoms with Gasteiger partial charge in [-0.2, -0.15) is 0 Å². The van der Waals surface area contributed by atoms with E-state index in [1.165, 1.54) is 31.7 Å². The maximum absolute atomic E-state index is 11.9. The molecule has 0 unspecified atom stereocenters. The molecule has 2 aliphatic carbocycles. The van der Waals surface area contributed by atoms with E-state index in [2.05, 4.69) is 4.98 Å². The van der Waals surface area contributed by atoms with Crippen LogP contribution in [0, 0.1) is 17.8 Å². The van der Waals surface area contributed by atoms with Crippen LogP contribution in [0.1, 0.15) is 38.6 Å². The molecule has 5 heteroatoms. The smallest absolute Gasteiger partial charge is 0.330 e. The van der Waals surface area contributed by atoms with Gasteiger partial charge >= 0.3 is 5.69 Å². The van der Waals surface area contributed by atoms with Crippen molar-refractivity contribution in [2.75, 3.05) is 5.73 Å². The lowest BCUT2D eigenvalue weighted by Crippen LogP contribution is -2.36. The molecule has 2 aliphatic rings. The first kappa shape index (κ1) is 11.6. The van der Waals surface area contributed by atoms with Crippen LogP contribution in [0.25, 0.3) is 0 Å². The number of nitrogen functional groups attached to an aromatic ring is 1. The third-order valence-corrected chi connectivity index (χ3v) is 4.83. The summed E-state index contributed by atoms with van der Waals surface area (Å²) < 4.78 is 1.55. The first-order chi connectivity index (χ1) is 8.56. The molecule has 2 bridgehead atoms. The van der Waals surface area contributed by atoms with Gasteiger partial charge in [-0.3, -0.25) is 14.3 Å². The van der Waals surface area contributed by atoms with Crippen molar-refractivity contribution in [1.29, 1.82) is 0 Å². The fourth-order valence-electron chi connectivity index (χ4n) is 4.02. The van der Waals surface area contributed by atoms with E-state index in [0.29, 0.717) is 5.92 Å².